The van der Waals surface area contributed by atoms with Crippen LogP contribution >= 0.6 is 15.9 Å². The Balaban J connectivity index is 2.30. The Morgan fingerprint density at radius 2 is 1.86 bits per heavy atom. The fourth-order valence-electron chi connectivity index (χ4n) is 2.15. The molecular formula is C16H9BrO4. The molecule has 0 saturated carbocycles. The second-order valence-corrected chi connectivity index (χ2v) is 5.38. The lowest BCUT2D eigenvalue weighted by atomic mass is 10.0. The average molecular weight is 345 g/mol. The predicted octanol–water partition coefficient (Wildman–Crippen LogP) is 3.92. The lowest BCUT2D eigenvalue weighted by Gasteiger charge is -2.06. The number of carbonyl (C=O) groups is 1. The van der Waals surface area contributed by atoms with Crippen LogP contribution in [0.4, 0.5) is 0 Å². The third-order valence-corrected chi connectivity index (χ3v) is 3.61. The highest BCUT2D eigenvalue weighted by molar-refractivity contribution is 9.10. The van der Waals surface area contributed by atoms with E-state index in [2.05, 4.69) is 15.9 Å². The largest absolute Gasteiger partial charge is 0.478 e. The number of halogens is 1. The van der Waals surface area contributed by atoms with Crippen molar-refractivity contribution in [3.8, 4) is 11.3 Å². The summed E-state index contributed by atoms with van der Waals surface area (Å²) in [5.41, 5.74) is 0.678. The Labute approximate surface area is 127 Å². The summed E-state index contributed by atoms with van der Waals surface area (Å²) in [6, 6.07) is 12.9. The molecule has 104 valence electrons. The van der Waals surface area contributed by atoms with E-state index in [1.165, 1.54) is 12.1 Å². The van der Waals surface area contributed by atoms with Gasteiger partial charge in [0, 0.05) is 16.1 Å². The summed E-state index contributed by atoms with van der Waals surface area (Å²) in [4.78, 5) is 23.4. The van der Waals surface area contributed by atoms with Crippen LogP contribution < -0.4 is 5.43 Å². The van der Waals surface area contributed by atoms with Gasteiger partial charge in [0.05, 0.1) is 10.9 Å². The number of aromatic carboxylic acids is 1. The molecule has 3 rings (SSSR count). The van der Waals surface area contributed by atoms with E-state index in [-0.39, 0.29) is 16.8 Å². The number of fused-ring (bicyclic) bond motifs is 1. The Hall–Kier alpha value is -2.40. The average Bonchev–Trinajstić information content (AvgIpc) is 2.47. The second-order valence-electron chi connectivity index (χ2n) is 4.47. The van der Waals surface area contributed by atoms with Crippen LogP contribution in [-0.2, 0) is 0 Å². The van der Waals surface area contributed by atoms with Gasteiger partial charge in [-0.05, 0) is 24.3 Å². The summed E-state index contributed by atoms with van der Waals surface area (Å²) >= 11 is 3.30. The van der Waals surface area contributed by atoms with Gasteiger partial charge in [-0.3, -0.25) is 4.79 Å². The van der Waals surface area contributed by atoms with Gasteiger partial charge in [0.2, 0.25) is 0 Å². The summed E-state index contributed by atoms with van der Waals surface area (Å²) in [7, 11) is 0. The van der Waals surface area contributed by atoms with Crippen molar-refractivity contribution in [2.45, 2.75) is 0 Å². The van der Waals surface area contributed by atoms with Crippen molar-refractivity contribution in [2.75, 3.05) is 0 Å². The monoisotopic (exact) mass is 344 g/mol. The van der Waals surface area contributed by atoms with E-state index < -0.39 is 5.97 Å². The van der Waals surface area contributed by atoms with Gasteiger partial charge in [-0.1, -0.05) is 34.1 Å². The number of rotatable bonds is 2. The first-order valence-electron chi connectivity index (χ1n) is 6.12. The first-order valence-corrected chi connectivity index (χ1v) is 6.91. The van der Waals surface area contributed by atoms with E-state index in [0.29, 0.717) is 16.5 Å². The Morgan fingerprint density at radius 3 is 2.62 bits per heavy atom. The van der Waals surface area contributed by atoms with Crippen LogP contribution in [0.5, 0.6) is 0 Å². The molecule has 0 saturated heterocycles. The van der Waals surface area contributed by atoms with Gasteiger partial charge >= 0.3 is 5.97 Å². The molecule has 2 aromatic carbocycles. The fourth-order valence-corrected chi connectivity index (χ4v) is 2.51. The molecule has 5 heteroatoms. The maximum absolute atomic E-state index is 12.2. The zero-order valence-electron chi connectivity index (χ0n) is 10.7. The van der Waals surface area contributed by atoms with Crippen molar-refractivity contribution in [3.05, 3.63) is 68.8 Å². The normalized spacial score (nSPS) is 10.7. The smallest absolute Gasteiger partial charge is 0.336 e. The number of carboxylic acids is 1. The fraction of sp³-hybridized carbons (Fsp3) is 0. The van der Waals surface area contributed by atoms with Gasteiger partial charge in [-0.2, -0.15) is 0 Å². The third kappa shape index (κ3) is 2.48. The van der Waals surface area contributed by atoms with E-state index in [1.54, 1.807) is 36.4 Å². The van der Waals surface area contributed by atoms with Crippen molar-refractivity contribution in [2.24, 2.45) is 0 Å². The summed E-state index contributed by atoms with van der Waals surface area (Å²) in [6.07, 6.45) is 0. The number of hydrogen-bond donors (Lipinski definition) is 1. The Bertz CT molecular complexity index is 912. The van der Waals surface area contributed by atoms with Crippen LogP contribution in [0.15, 0.2) is 62.2 Å². The van der Waals surface area contributed by atoms with Crippen LogP contribution in [0.25, 0.3) is 22.3 Å². The molecule has 0 unspecified atom stereocenters. The molecule has 1 aromatic heterocycles. The molecule has 0 aliphatic heterocycles. The topological polar surface area (TPSA) is 67.5 Å². The molecule has 0 spiro atoms. The van der Waals surface area contributed by atoms with Gasteiger partial charge in [-0.15, -0.1) is 0 Å². The van der Waals surface area contributed by atoms with Gasteiger partial charge in [0.15, 0.2) is 5.43 Å². The van der Waals surface area contributed by atoms with Crippen molar-refractivity contribution in [3.63, 3.8) is 0 Å². The number of hydrogen-bond acceptors (Lipinski definition) is 3. The van der Waals surface area contributed by atoms with E-state index >= 15 is 0 Å². The van der Waals surface area contributed by atoms with Crippen molar-refractivity contribution < 1.29 is 14.3 Å². The van der Waals surface area contributed by atoms with Crippen LogP contribution in [0.1, 0.15) is 10.4 Å². The maximum Gasteiger partial charge on any atom is 0.336 e. The highest BCUT2D eigenvalue weighted by atomic mass is 79.9. The minimum atomic E-state index is -1.07. The minimum Gasteiger partial charge on any atom is -0.478 e. The third-order valence-electron chi connectivity index (χ3n) is 3.11. The standard InChI is InChI=1S/C16H9BrO4/c17-9-5-6-14-12(7-9)13(18)8-15(21-14)10-3-1-2-4-11(10)16(19)20/h1-8H,(H,19,20). The first kappa shape index (κ1) is 13.6. The van der Waals surface area contributed by atoms with E-state index in [1.807, 2.05) is 0 Å². The predicted molar refractivity (Wildman–Crippen MR) is 82.6 cm³/mol. The minimum absolute atomic E-state index is 0.0945. The van der Waals surface area contributed by atoms with Crippen molar-refractivity contribution in [1.29, 1.82) is 0 Å². The molecular weight excluding hydrogens is 336 g/mol. The molecule has 0 bridgehead atoms. The summed E-state index contributed by atoms with van der Waals surface area (Å²) in [6.45, 7) is 0. The van der Waals surface area contributed by atoms with Gasteiger partial charge in [0.25, 0.3) is 0 Å². The number of carboxylic acid groups (broad SMARTS) is 1. The highest BCUT2D eigenvalue weighted by Gasteiger charge is 2.14. The van der Waals surface area contributed by atoms with Crippen molar-refractivity contribution in [1.82, 2.24) is 0 Å². The van der Waals surface area contributed by atoms with E-state index in [0.717, 1.165) is 4.47 Å². The molecule has 0 amide bonds. The molecule has 0 fully saturated rings. The SMILES string of the molecule is O=C(O)c1ccccc1-c1cc(=O)c2cc(Br)ccc2o1. The summed E-state index contributed by atoms with van der Waals surface area (Å²) < 4.78 is 6.47. The molecule has 0 atom stereocenters. The molecule has 0 radical (unpaired) electrons. The lowest BCUT2D eigenvalue weighted by Crippen LogP contribution is -2.03. The maximum atomic E-state index is 12.2. The van der Waals surface area contributed by atoms with Crippen molar-refractivity contribution >= 4 is 32.9 Å². The second kappa shape index (κ2) is 5.18. The highest BCUT2D eigenvalue weighted by Crippen LogP contribution is 2.26. The quantitative estimate of drug-likeness (QED) is 0.764. The molecule has 0 aliphatic rings. The van der Waals surface area contributed by atoms with Gasteiger partial charge in [0.1, 0.15) is 11.3 Å². The molecule has 0 aliphatic carbocycles. The Morgan fingerprint density at radius 1 is 1.10 bits per heavy atom. The molecule has 21 heavy (non-hydrogen) atoms. The van der Waals surface area contributed by atoms with Crippen LogP contribution in [0.2, 0.25) is 0 Å². The molecule has 1 heterocycles. The zero-order valence-corrected chi connectivity index (χ0v) is 12.3. The van der Waals surface area contributed by atoms with Gasteiger partial charge < -0.3 is 9.52 Å². The van der Waals surface area contributed by atoms with Crippen LogP contribution in [0, 0.1) is 0 Å². The van der Waals surface area contributed by atoms with E-state index in [4.69, 9.17) is 4.42 Å². The first-order chi connectivity index (χ1) is 10.1. The molecule has 1 N–H and O–H groups in total. The van der Waals surface area contributed by atoms with E-state index in [9.17, 15) is 14.7 Å². The van der Waals surface area contributed by atoms with Gasteiger partial charge in [-0.25, -0.2) is 4.79 Å². The van der Waals surface area contributed by atoms with Crippen LogP contribution in [0.3, 0.4) is 0 Å². The number of benzene rings is 2. The lowest BCUT2D eigenvalue weighted by molar-refractivity contribution is 0.0697. The Kier molecular flexibility index (Phi) is 3.35. The molecule has 4 nitrogen and oxygen atoms in total. The summed E-state index contributed by atoms with van der Waals surface area (Å²) in [5.74, 6) is -0.822. The zero-order chi connectivity index (χ0) is 15.0. The summed E-state index contributed by atoms with van der Waals surface area (Å²) in [5, 5.41) is 9.67. The van der Waals surface area contributed by atoms with Crippen LogP contribution in [-0.4, -0.2) is 11.1 Å². The molecule has 3 aromatic rings.